The van der Waals surface area contributed by atoms with Crippen LogP contribution < -0.4 is 4.74 Å². The van der Waals surface area contributed by atoms with Crippen LogP contribution in [-0.4, -0.2) is 12.4 Å². The second-order valence-electron chi connectivity index (χ2n) is 5.05. The first-order valence-corrected chi connectivity index (χ1v) is 7.26. The van der Waals surface area contributed by atoms with Crippen molar-refractivity contribution in [1.29, 1.82) is 5.26 Å². The minimum atomic E-state index is -3.03. The average molecular weight is 339 g/mol. The fourth-order valence-corrected chi connectivity index (χ4v) is 2.46. The molecule has 2 aromatic carbocycles. The number of halogens is 2. The predicted molar refractivity (Wildman–Crippen MR) is 87.2 cm³/mol. The first-order chi connectivity index (χ1) is 12.1. The molecule has 0 amide bonds. The van der Waals surface area contributed by atoms with Crippen molar-refractivity contribution in [3.8, 4) is 11.8 Å². The van der Waals surface area contributed by atoms with E-state index in [1.54, 1.807) is 36.4 Å². The van der Waals surface area contributed by atoms with Crippen molar-refractivity contribution < 1.29 is 22.7 Å². The lowest BCUT2D eigenvalue weighted by atomic mass is 9.99. The van der Waals surface area contributed by atoms with Crippen molar-refractivity contribution >= 4 is 22.6 Å². The summed E-state index contributed by atoms with van der Waals surface area (Å²) in [7, 11) is 0. The standard InChI is InChI=1S/C19H11F2NO3/c20-19(21)25-16-8-7-12-4-1-2-5-14(12)15(16)10-13(11-22)18(23)17-6-3-9-24-17/h1-10,19H/b13-10+. The summed E-state index contributed by atoms with van der Waals surface area (Å²) < 4.78 is 35.0. The molecule has 0 atom stereocenters. The highest BCUT2D eigenvalue weighted by Gasteiger charge is 2.18. The minimum absolute atomic E-state index is 0.00985. The molecule has 0 saturated heterocycles. The van der Waals surface area contributed by atoms with Crippen molar-refractivity contribution in [3.63, 3.8) is 0 Å². The lowest BCUT2D eigenvalue weighted by molar-refractivity contribution is -0.0498. The molecule has 0 bridgehead atoms. The summed E-state index contributed by atoms with van der Waals surface area (Å²) in [4.78, 5) is 12.3. The Hall–Kier alpha value is -3.46. The molecule has 0 aliphatic carbocycles. The number of allylic oxidation sites excluding steroid dienone is 1. The first-order valence-electron chi connectivity index (χ1n) is 7.26. The zero-order valence-corrected chi connectivity index (χ0v) is 12.8. The molecule has 6 heteroatoms. The number of nitriles is 1. The average Bonchev–Trinajstić information content (AvgIpc) is 3.14. The van der Waals surface area contributed by atoms with E-state index in [9.17, 15) is 18.8 Å². The molecule has 0 fully saturated rings. The zero-order chi connectivity index (χ0) is 17.8. The van der Waals surface area contributed by atoms with Crippen LogP contribution in [0.2, 0.25) is 0 Å². The van der Waals surface area contributed by atoms with Gasteiger partial charge in [-0.25, -0.2) is 0 Å². The van der Waals surface area contributed by atoms with Gasteiger partial charge in [-0.1, -0.05) is 30.3 Å². The maximum atomic E-state index is 12.7. The fourth-order valence-electron chi connectivity index (χ4n) is 2.46. The number of Topliss-reactive ketones (excluding diaryl/α,β-unsaturated/α-hetero) is 1. The number of nitrogens with zero attached hydrogens (tertiary/aromatic N) is 1. The monoisotopic (exact) mass is 339 g/mol. The summed E-state index contributed by atoms with van der Waals surface area (Å²) in [5.74, 6) is -0.763. The van der Waals surface area contributed by atoms with Gasteiger partial charge in [0.15, 0.2) is 5.76 Å². The summed E-state index contributed by atoms with van der Waals surface area (Å²) in [6.45, 7) is -3.03. The van der Waals surface area contributed by atoms with Crippen LogP contribution in [0.4, 0.5) is 8.78 Å². The Labute approximate surface area is 141 Å². The zero-order valence-electron chi connectivity index (χ0n) is 12.8. The van der Waals surface area contributed by atoms with E-state index in [1.807, 2.05) is 0 Å². The number of hydrogen-bond acceptors (Lipinski definition) is 4. The first kappa shape index (κ1) is 16.4. The highest BCUT2D eigenvalue weighted by atomic mass is 19.3. The molecule has 4 nitrogen and oxygen atoms in total. The molecule has 0 aliphatic rings. The van der Waals surface area contributed by atoms with Crippen molar-refractivity contribution in [2.24, 2.45) is 0 Å². The Morgan fingerprint density at radius 1 is 1.16 bits per heavy atom. The third-order valence-electron chi connectivity index (χ3n) is 3.55. The number of hydrogen-bond donors (Lipinski definition) is 0. The van der Waals surface area contributed by atoms with Gasteiger partial charge < -0.3 is 9.15 Å². The number of carbonyl (C=O) groups excluding carboxylic acids is 1. The minimum Gasteiger partial charge on any atom is -0.461 e. The van der Waals surface area contributed by atoms with E-state index < -0.39 is 12.4 Å². The van der Waals surface area contributed by atoms with Crippen LogP contribution in [0.3, 0.4) is 0 Å². The van der Waals surface area contributed by atoms with Gasteiger partial charge in [0, 0.05) is 5.56 Å². The fraction of sp³-hybridized carbons (Fsp3) is 0.0526. The van der Waals surface area contributed by atoms with E-state index in [2.05, 4.69) is 4.74 Å². The van der Waals surface area contributed by atoms with Gasteiger partial charge in [-0.15, -0.1) is 0 Å². The quantitative estimate of drug-likeness (QED) is 0.380. The second-order valence-corrected chi connectivity index (χ2v) is 5.05. The number of carbonyl (C=O) groups is 1. The van der Waals surface area contributed by atoms with Gasteiger partial charge in [0.2, 0.25) is 5.78 Å². The third kappa shape index (κ3) is 3.40. The molecule has 3 rings (SSSR count). The molecule has 0 unspecified atom stereocenters. The van der Waals surface area contributed by atoms with Crippen LogP contribution in [0.25, 0.3) is 16.8 Å². The highest BCUT2D eigenvalue weighted by Crippen LogP contribution is 2.31. The summed E-state index contributed by atoms with van der Waals surface area (Å²) in [6.07, 6.45) is 2.55. The van der Waals surface area contributed by atoms with Gasteiger partial charge in [0.25, 0.3) is 0 Å². The van der Waals surface area contributed by atoms with Gasteiger partial charge in [-0.2, -0.15) is 14.0 Å². The molecular weight excluding hydrogens is 328 g/mol. The van der Waals surface area contributed by atoms with Crippen LogP contribution in [0.1, 0.15) is 16.1 Å². The van der Waals surface area contributed by atoms with E-state index in [1.165, 1.54) is 30.5 Å². The number of rotatable bonds is 5. The molecule has 0 saturated carbocycles. The molecule has 0 aliphatic heterocycles. The number of furan rings is 1. The molecule has 0 spiro atoms. The Morgan fingerprint density at radius 2 is 1.96 bits per heavy atom. The van der Waals surface area contributed by atoms with Crippen LogP contribution in [-0.2, 0) is 0 Å². The molecule has 0 N–H and O–H groups in total. The number of fused-ring (bicyclic) bond motifs is 1. The maximum Gasteiger partial charge on any atom is 0.387 e. The van der Waals surface area contributed by atoms with Crippen molar-refractivity contribution in [3.05, 3.63) is 71.7 Å². The largest absolute Gasteiger partial charge is 0.461 e. The molecule has 1 heterocycles. The molecule has 1 aromatic heterocycles. The number of alkyl halides is 2. The Morgan fingerprint density at radius 3 is 2.64 bits per heavy atom. The van der Waals surface area contributed by atoms with E-state index in [0.717, 1.165) is 5.39 Å². The van der Waals surface area contributed by atoms with E-state index in [4.69, 9.17) is 4.42 Å². The van der Waals surface area contributed by atoms with E-state index >= 15 is 0 Å². The molecule has 124 valence electrons. The van der Waals surface area contributed by atoms with Crippen molar-refractivity contribution in [1.82, 2.24) is 0 Å². The molecule has 25 heavy (non-hydrogen) atoms. The van der Waals surface area contributed by atoms with Gasteiger partial charge in [-0.3, -0.25) is 4.79 Å². The van der Waals surface area contributed by atoms with E-state index in [0.29, 0.717) is 5.39 Å². The Kier molecular flexibility index (Phi) is 4.57. The van der Waals surface area contributed by atoms with Crippen molar-refractivity contribution in [2.45, 2.75) is 6.61 Å². The smallest absolute Gasteiger partial charge is 0.387 e. The van der Waals surface area contributed by atoms with Gasteiger partial charge in [-0.05, 0) is 35.0 Å². The summed E-state index contributed by atoms with van der Waals surface area (Å²) in [6, 6.07) is 14.8. The SMILES string of the molecule is N#C/C(=C\c1c(OC(F)F)ccc2ccccc12)C(=O)c1ccco1. The Balaban J connectivity index is 2.18. The maximum absolute atomic E-state index is 12.7. The Bertz CT molecular complexity index is 986. The van der Waals surface area contributed by atoms with Crippen LogP contribution in [0, 0.1) is 11.3 Å². The molecule has 0 radical (unpaired) electrons. The highest BCUT2D eigenvalue weighted by molar-refractivity contribution is 6.13. The number of ether oxygens (including phenoxy) is 1. The topological polar surface area (TPSA) is 63.2 Å². The van der Waals surface area contributed by atoms with Gasteiger partial charge in [0.05, 0.1) is 6.26 Å². The van der Waals surface area contributed by atoms with Crippen LogP contribution >= 0.6 is 0 Å². The van der Waals surface area contributed by atoms with Crippen LogP contribution in [0.5, 0.6) is 5.75 Å². The third-order valence-corrected chi connectivity index (χ3v) is 3.55. The summed E-state index contributed by atoms with van der Waals surface area (Å²) >= 11 is 0. The van der Waals surface area contributed by atoms with E-state index in [-0.39, 0.29) is 22.6 Å². The predicted octanol–water partition coefficient (Wildman–Crippen LogP) is 4.82. The lowest BCUT2D eigenvalue weighted by Crippen LogP contribution is -2.05. The number of ketones is 1. The van der Waals surface area contributed by atoms with Gasteiger partial charge in [0.1, 0.15) is 17.4 Å². The summed E-state index contributed by atoms with van der Waals surface area (Å²) in [5.41, 5.74) is -0.0136. The second kappa shape index (κ2) is 6.97. The normalized spacial score (nSPS) is 11.5. The lowest BCUT2D eigenvalue weighted by Gasteiger charge is -2.11. The number of benzene rings is 2. The van der Waals surface area contributed by atoms with Gasteiger partial charge >= 0.3 is 6.61 Å². The summed E-state index contributed by atoms with van der Waals surface area (Å²) in [5, 5.41) is 10.7. The molecule has 3 aromatic rings. The molecular formula is C19H11F2NO3. The van der Waals surface area contributed by atoms with Crippen molar-refractivity contribution in [2.75, 3.05) is 0 Å². The van der Waals surface area contributed by atoms with Crippen LogP contribution in [0.15, 0.2) is 64.8 Å².